The molecule has 1 aromatic rings. The zero-order valence-electron chi connectivity index (χ0n) is 12.8. The highest BCUT2D eigenvalue weighted by molar-refractivity contribution is 7.09. The summed E-state index contributed by atoms with van der Waals surface area (Å²) in [6, 6.07) is 0. The molecule has 4 nitrogen and oxygen atoms in total. The molecule has 0 bridgehead atoms. The first-order valence-electron chi connectivity index (χ1n) is 7.04. The molecule has 1 aromatic heterocycles. The van der Waals surface area contributed by atoms with E-state index in [-0.39, 0.29) is 12.3 Å². The normalized spacial score (nSPS) is 20.2. The lowest BCUT2D eigenvalue weighted by atomic mass is 9.85. The fraction of sp³-hybridized carbons (Fsp3) is 0.438. The molecule has 5 heteroatoms. The summed E-state index contributed by atoms with van der Waals surface area (Å²) in [5.74, 6) is 0.299. The number of hydrogen-bond donors (Lipinski definition) is 1. The van der Waals surface area contributed by atoms with Crippen molar-refractivity contribution < 1.29 is 4.79 Å². The summed E-state index contributed by atoms with van der Waals surface area (Å²) < 4.78 is 0. The smallest absolute Gasteiger partial charge is 0.246 e. The fourth-order valence-electron chi connectivity index (χ4n) is 2.21. The van der Waals surface area contributed by atoms with Gasteiger partial charge in [-0.05, 0) is 45.1 Å². The van der Waals surface area contributed by atoms with Crippen molar-refractivity contribution in [2.24, 2.45) is 11.0 Å². The lowest BCUT2D eigenvalue weighted by Gasteiger charge is -2.22. The Morgan fingerprint density at radius 1 is 1.57 bits per heavy atom. The van der Waals surface area contributed by atoms with Crippen LogP contribution in [0.1, 0.15) is 37.4 Å². The molecule has 1 atom stereocenters. The molecule has 0 aromatic carbocycles. The van der Waals surface area contributed by atoms with Gasteiger partial charge in [-0.1, -0.05) is 18.2 Å². The van der Waals surface area contributed by atoms with E-state index in [4.69, 9.17) is 0 Å². The van der Waals surface area contributed by atoms with E-state index in [0.29, 0.717) is 5.92 Å². The Morgan fingerprint density at radius 2 is 2.33 bits per heavy atom. The Kier molecular flexibility index (Phi) is 5.07. The zero-order chi connectivity index (χ0) is 15.4. The molecule has 0 unspecified atom stereocenters. The molecule has 0 radical (unpaired) electrons. The highest BCUT2D eigenvalue weighted by atomic mass is 32.1. The molecular weight excluding hydrogens is 282 g/mol. The van der Waals surface area contributed by atoms with E-state index < -0.39 is 0 Å². The van der Waals surface area contributed by atoms with Crippen LogP contribution in [0.25, 0.3) is 0 Å². The van der Waals surface area contributed by atoms with E-state index in [1.165, 1.54) is 11.3 Å². The number of carbonyl (C=O) groups is 1. The zero-order valence-corrected chi connectivity index (χ0v) is 13.6. The summed E-state index contributed by atoms with van der Waals surface area (Å²) in [6.45, 7) is 10.0. The molecule has 2 rings (SSSR count). The van der Waals surface area contributed by atoms with Crippen molar-refractivity contribution in [2.45, 2.75) is 40.0 Å². The number of nitrogens with one attached hydrogen (secondary N) is 1. The summed E-state index contributed by atoms with van der Waals surface area (Å²) in [5, 5.41) is 7.05. The van der Waals surface area contributed by atoms with Gasteiger partial charge in [0.25, 0.3) is 0 Å². The Bertz CT molecular complexity index is 613. The third-order valence-corrected chi connectivity index (χ3v) is 4.56. The minimum atomic E-state index is -0.123. The predicted octanol–water partition coefficient (Wildman–Crippen LogP) is 3.40. The van der Waals surface area contributed by atoms with Gasteiger partial charge in [0.15, 0.2) is 0 Å². The maximum Gasteiger partial charge on any atom is 0.246 e. The minimum absolute atomic E-state index is 0.123. The van der Waals surface area contributed by atoms with Gasteiger partial charge < -0.3 is 0 Å². The highest BCUT2D eigenvalue weighted by Gasteiger charge is 2.18. The lowest BCUT2D eigenvalue weighted by molar-refractivity contribution is -0.120. The van der Waals surface area contributed by atoms with Crippen LogP contribution in [0.15, 0.2) is 34.3 Å². The first-order valence-corrected chi connectivity index (χ1v) is 7.92. The Labute approximate surface area is 129 Å². The topological polar surface area (TPSA) is 54.4 Å². The Balaban J connectivity index is 1.96. The molecule has 1 heterocycles. The SMILES string of the molecule is C=C(C)[C@@H]1CC=C(C)/C(=N\NC(=O)Cc2nc(C)cs2)C1. The van der Waals surface area contributed by atoms with Gasteiger partial charge in [-0.3, -0.25) is 4.79 Å². The number of amides is 1. The molecule has 0 saturated heterocycles. The van der Waals surface area contributed by atoms with Gasteiger partial charge in [0.05, 0.1) is 12.1 Å². The number of rotatable bonds is 4. The molecule has 1 N–H and O–H groups in total. The number of allylic oxidation sites excluding steroid dienone is 3. The Morgan fingerprint density at radius 3 is 2.95 bits per heavy atom. The van der Waals surface area contributed by atoms with Crippen LogP contribution in [-0.4, -0.2) is 16.6 Å². The summed E-state index contributed by atoms with van der Waals surface area (Å²) in [5.41, 5.74) is 6.84. The Hall–Kier alpha value is -1.75. The molecule has 21 heavy (non-hydrogen) atoms. The van der Waals surface area contributed by atoms with E-state index in [1.807, 2.05) is 26.2 Å². The minimum Gasteiger partial charge on any atom is -0.273 e. The van der Waals surface area contributed by atoms with E-state index in [2.05, 4.69) is 28.2 Å². The first kappa shape index (κ1) is 15.6. The summed E-state index contributed by atoms with van der Waals surface area (Å²) in [4.78, 5) is 16.2. The molecule has 112 valence electrons. The second-order valence-corrected chi connectivity index (χ2v) is 6.47. The molecular formula is C16H21N3OS. The first-order chi connectivity index (χ1) is 9.95. The van der Waals surface area contributed by atoms with Gasteiger partial charge in [-0.2, -0.15) is 5.10 Å². The van der Waals surface area contributed by atoms with Crippen molar-refractivity contribution in [3.63, 3.8) is 0 Å². The summed E-state index contributed by atoms with van der Waals surface area (Å²) in [6.07, 6.45) is 4.29. The van der Waals surface area contributed by atoms with Gasteiger partial charge in [-0.15, -0.1) is 11.3 Å². The largest absolute Gasteiger partial charge is 0.273 e. The van der Waals surface area contributed by atoms with Crippen molar-refractivity contribution >= 4 is 23.0 Å². The van der Waals surface area contributed by atoms with Crippen molar-refractivity contribution in [3.05, 3.63) is 39.9 Å². The molecule has 1 amide bonds. The van der Waals surface area contributed by atoms with Crippen LogP contribution in [0.3, 0.4) is 0 Å². The van der Waals surface area contributed by atoms with Crippen LogP contribution < -0.4 is 5.43 Å². The van der Waals surface area contributed by atoms with Crippen LogP contribution >= 0.6 is 11.3 Å². The maximum absolute atomic E-state index is 11.9. The van der Waals surface area contributed by atoms with Gasteiger partial charge >= 0.3 is 0 Å². The van der Waals surface area contributed by atoms with Crippen molar-refractivity contribution in [1.82, 2.24) is 10.4 Å². The molecule has 1 aliphatic rings. The fourth-order valence-corrected chi connectivity index (χ4v) is 2.98. The van der Waals surface area contributed by atoms with Crippen molar-refractivity contribution in [3.8, 4) is 0 Å². The molecule has 0 spiro atoms. The standard InChI is InChI=1S/C16H21N3OS/c1-10(2)13-6-5-11(3)14(7-13)18-19-15(20)8-16-17-12(4)9-21-16/h5,9,13H,1,6-8H2,2-4H3,(H,19,20)/b18-14-/t13-/m1/s1. The van der Waals surface area contributed by atoms with Crippen LogP contribution in [0.5, 0.6) is 0 Å². The second-order valence-electron chi connectivity index (χ2n) is 5.52. The number of thiazole rings is 1. The quantitative estimate of drug-likeness (QED) is 0.684. The van der Waals surface area contributed by atoms with Crippen LogP contribution in [0, 0.1) is 12.8 Å². The summed E-state index contributed by atoms with van der Waals surface area (Å²) >= 11 is 1.50. The molecule has 1 aliphatic carbocycles. The predicted molar refractivity (Wildman–Crippen MR) is 87.4 cm³/mol. The van der Waals surface area contributed by atoms with Crippen LogP contribution in [-0.2, 0) is 11.2 Å². The van der Waals surface area contributed by atoms with Gasteiger partial charge in [0.1, 0.15) is 5.01 Å². The third-order valence-electron chi connectivity index (χ3n) is 3.59. The molecule has 0 fully saturated rings. The van der Waals surface area contributed by atoms with Crippen LogP contribution in [0.4, 0.5) is 0 Å². The van der Waals surface area contributed by atoms with Gasteiger partial charge in [0.2, 0.25) is 5.91 Å². The molecule has 0 saturated carbocycles. The van der Waals surface area contributed by atoms with Gasteiger partial charge in [0, 0.05) is 11.1 Å². The maximum atomic E-state index is 11.9. The van der Waals surface area contributed by atoms with Crippen LogP contribution in [0.2, 0.25) is 0 Å². The van der Waals surface area contributed by atoms with E-state index in [0.717, 1.165) is 40.4 Å². The monoisotopic (exact) mass is 303 g/mol. The molecule has 0 aliphatic heterocycles. The highest BCUT2D eigenvalue weighted by Crippen LogP contribution is 2.26. The van der Waals surface area contributed by atoms with E-state index in [1.54, 1.807) is 0 Å². The number of hydrogen-bond acceptors (Lipinski definition) is 4. The van der Waals surface area contributed by atoms with Gasteiger partial charge in [-0.25, -0.2) is 10.4 Å². The third kappa shape index (κ3) is 4.36. The number of carbonyl (C=O) groups excluding carboxylic acids is 1. The number of hydrazone groups is 1. The number of aromatic nitrogens is 1. The second kappa shape index (κ2) is 6.80. The average molecular weight is 303 g/mol. The van der Waals surface area contributed by atoms with E-state index in [9.17, 15) is 4.79 Å². The van der Waals surface area contributed by atoms with Crippen molar-refractivity contribution in [1.29, 1.82) is 0 Å². The lowest BCUT2D eigenvalue weighted by Crippen LogP contribution is -2.24. The number of aryl methyl sites for hydroxylation is 1. The number of nitrogens with zero attached hydrogens (tertiary/aromatic N) is 2. The van der Waals surface area contributed by atoms with E-state index >= 15 is 0 Å². The summed E-state index contributed by atoms with van der Waals surface area (Å²) in [7, 11) is 0. The average Bonchev–Trinajstić information content (AvgIpc) is 2.82. The van der Waals surface area contributed by atoms with Crippen molar-refractivity contribution in [2.75, 3.05) is 0 Å².